The molecule has 3 rings (SSSR count). The molecule has 3 N–H and O–H groups in total. The lowest BCUT2D eigenvalue weighted by atomic mass is 10.2. The second-order valence-corrected chi connectivity index (χ2v) is 4.67. The van der Waals surface area contributed by atoms with Gasteiger partial charge in [0.2, 0.25) is 0 Å². The maximum Gasteiger partial charge on any atom is 0.142 e. The first-order chi connectivity index (χ1) is 8.66. The van der Waals surface area contributed by atoms with Gasteiger partial charge in [0.25, 0.3) is 0 Å². The monoisotopic (exact) mass is 257 g/mol. The molecular weight excluding hydrogens is 246 g/mol. The Morgan fingerprint density at radius 2 is 1.94 bits per heavy atom. The average molecular weight is 258 g/mol. The average Bonchev–Trinajstić information content (AvgIpc) is 2.74. The lowest BCUT2D eigenvalue weighted by Gasteiger charge is -2.03. The van der Waals surface area contributed by atoms with Crippen molar-refractivity contribution in [3.8, 4) is 11.4 Å². The maximum absolute atomic E-state index is 6.19. The summed E-state index contributed by atoms with van der Waals surface area (Å²) in [5.41, 5.74) is 10.4. The van der Waals surface area contributed by atoms with Gasteiger partial charge in [0, 0.05) is 5.69 Å². The Bertz CT molecular complexity index is 711. The molecule has 2 aromatic carbocycles. The topological polar surface area (TPSA) is 54.7 Å². The number of rotatable bonds is 1. The highest BCUT2D eigenvalue weighted by Crippen LogP contribution is 2.32. The van der Waals surface area contributed by atoms with E-state index in [1.807, 2.05) is 43.3 Å². The normalized spacial score (nSPS) is 11.0. The van der Waals surface area contributed by atoms with Gasteiger partial charge >= 0.3 is 0 Å². The summed E-state index contributed by atoms with van der Waals surface area (Å²) >= 11 is 6.19. The SMILES string of the molecule is Cc1cccc2[nH]c(-c3c(N)cccc3Cl)nc12. The molecule has 0 fully saturated rings. The van der Waals surface area contributed by atoms with Gasteiger partial charge in [0.15, 0.2) is 0 Å². The molecule has 0 aliphatic rings. The van der Waals surface area contributed by atoms with Gasteiger partial charge in [-0.05, 0) is 30.7 Å². The van der Waals surface area contributed by atoms with Crippen LogP contribution in [0, 0.1) is 6.92 Å². The summed E-state index contributed by atoms with van der Waals surface area (Å²) in [6.45, 7) is 2.03. The number of aromatic nitrogens is 2. The van der Waals surface area contributed by atoms with Crippen molar-refractivity contribution in [1.82, 2.24) is 9.97 Å². The molecule has 3 aromatic rings. The molecule has 0 amide bonds. The molecule has 0 saturated heterocycles. The zero-order chi connectivity index (χ0) is 12.7. The molecule has 4 heteroatoms. The second kappa shape index (κ2) is 4.03. The van der Waals surface area contributed by atoms with Crippen molar-refractivity contribution >= 4 is 28.3 Å². The number of aryl methyl sites for hydroxylation is 1. The van der Waals surface area contributed by atoms with Gasteiger partial charge in [0.05, 0.1) is 21.6 Å². The highest BCUT2D eigenvalue weighted by molar-refractivity contribution is 6.33. The highest BCUT2D eigenvalue weighted by Gasteiger charge is 2.12. The summed E-state index contributed by atoms with van der Waals surface area (Å²) < 4.78 is 0. The minimum atomic E-state index is 0.603. The summed E-state index contributed by atoms with van der Waals surface area (Å²) in [7, 11) is 0. The van der Waals surface area contributed by atoms with Crippen molar-refractivity contribution in [2.24, 2.45) is 0 Å². The lowest BCUT2D eigenvalue weighted by Crippen LogP contribution is -1.91. The molecule has 0 aliphatic heterocycles. The van der Waals surface area contributed by atoms with Crippen molar-refractivity contribution in [3.63, 3.8) is 0 Å². The number of imidazole rings is 1. The zero-order valence-corrected chi connectivity index (χ0v) is 10.6. The molecule has 0 radical (unpaired) electrons. The summed E-state index contributed by atoms with van der Waals surface area (Å²) in [6, 6.07) is 11.5. The first-order valence-corrected chi connectivity index (χ1v) is 6.04. The smallest absolute Gasteiger partial charge is 0.142 e. The van der Waals surface area contributed by atoms with E-state index in [0.717, 1.165) is 22.2 Å². The van der Waals surface area contributed by atoms with Crippen LogP contribution in [0.2, 0.25) is 5.02 Å². The van der Waals surface area contributed by atoms with Crippen LogP contribution in [0.25, 0.3) is 22.4 Å². The Morgan fingerprint density at radius 3 is 2.67 bits per heavy atom. The molecule has 0 aliphatic carbocycles. The minimum Gasteiger partial charge on any atom is -0.398 e. The molecule has 0 unspecified atom stereocenters. The number of anilines is 1. The summed E-state index contributed by atoms with van der Waals surface area (Å²) in [5.74, 6) is 0.711. The zero-order valence-electron chi connectivity index (χ0n) is 9.87. The van der Waals surface area contributed by atoms with Crippen LogP contribution in [0.5, 0.6) is 0 Å². The number of benzene rings is 2. The number of nitrogen functional groups attached to an aromatic ring is 1. The van der Waals surface area contributed by atoms with Crippen LogP contribution in [-0.4, -0.2) is 9.97 Å². The molecule has 90 valence electrons. The van der Waals surface area contributed by atoms with Gasteiger partial charge in [-0.3, -0.25) is 0 Å². The third-order valence-corrected chi connectivity index (χ3v) is 3.31. The van der Waals surface area contributed by atoms with Gasteiger partial charge in [-0.15, -0.1) is 0 Å². The minimum absolute atomic E-state index is 0.603. The standard InChI is InChI=1S/C14H12ClN3/c1-8-4-2-7-11-13(8)18-14(17-11)12-9(15)5-3-6-10(12)16/h2-7H,16H2,1H3,(H,17,18). The fourth-order valence-electron chi connectivity index (χ4n) is 2.08. The van der Waals surface area contributed by atoms with Crippen LogP contribution in [0.1, 0.15) is 5.56 Å². The van der Waals surface area contributed by atoms with Gasteiger partial charge in [-0.1, -0.05) is 29.8 Å². The summed E-state index contributed by atoms with van der Waals surface area (Å²) in [6.07, 6.45) is 0. The Labute approximate surface area is 110 Å². The molecule has 1 heterocycles. The van der Waals surface area contributed by atoms with E-state index >= 15 is 0 Å². The lowest BCUT2D eigenvalue weighted by molar-refractivity contribution is 1.33. The number of hydrogen-bond donors (Lipinski definition) is 2. The van der Waals surface area contributed by atoms with Crippen LogP contribution in [0.3, 0.4) is 0 Å². The third-order valence-electron chi connectivity index (χ3n) is 3.00. The number of nitrogens with zero attached hydrogens (tertiary/aromatic N) is 1. The number of nitrogens with two attached hydrogens (primary N) is 1. The molecular formula is C14H12ClN3. The third kappa shape index (κ3) is 1.64. The quantitative estimate of drug-likeness (QED) is 0.652. The maximum atomic E-state index is 6.19. The van der Waals surface area contributed by atoms with E-state index < -0.39 is 0 Å². The van der Waals surface area contributed by atoms with Crippen LogP contribution < -0.4 is 5.73 Å². The molecule has 18 heavy (non-hydrogen) atoms. The number of fused-ring (bicyclic) bond motifs is 1. The Morgan fingerprint density at radius 1 is 1.17 bits per heavy atom. The number of aromatic amines is 1. The molecule has 0 spiro atoms. The van der Waals surface area contributed by atoms with E-state index in [2.05, 4.69) is 9.97 Å². The van der Waals surface area contributed by atoms with Crippen molar-refractivity contribution < 1.29 is 0 Å². The highest BCUT2D eigenvalue weighted by atomic mass is 35.5. The van der Waals surface area contributed by atoms with Crippen molar-refractivity contribution in [2.75, 3.05) is 5.73 Å². The summed E-state index contributed by atoms with van der Waals surface area (Å²) in [5, 5.41) is 0.603. The van der Waals surface area contributed by atoms with Gasteiger partial charge in [-0.25, -0.2) is 4.98 Å². The molecule has 3 nitrogen and oxygen atoms in total. The van der Waals surface area contributed by atoms with Crippen molar-refractivity contribution in [3.05, 3.63) is 47.0 Å². The molecule has 0 bridgehead atoms. The van der Waals surface area contributed by atoms with Gasteiger partial charge in [-0.2, -0.15) is 0 Å². The largest absolute Gasteiger partial charge is 0.398 e. The summed E-state index contributed by atoms with van der Waals surface area (Å²) in [4.78, 5) is 7.84. The van der Waals surface area contributed by atoms with E-state index in [4.69, 9.17) is 17.3 Å². The second-order valence-electron chi connectivity index (χ2n) is 4.26. The van der Waals surface area contributed by atoms with E-state index in [1.165, 1.54) is 0 Å². The van der Waals surface area contributed by atoms with Crippen LogP contribution >= 0.6 is 11.6 Å². The van der Waals surface area contributed by atoms with Crippen molar-refractivity contribution in [1.29, 1.82) is 0 Å². The molecule has 1 aromatic heterocycles. The van der Waals surface area contributed by atoms with E-state index in [-0.39, 0.29) is 0 Å². The number of H-pyrrole nitrogens is 1. The number of nitrogens with one attached hydrogen (secondary N) is 1. The Balaban J connectivity index is 2.30. The fourth-order valence-corrected chi connectivity index (χ4v) is 2.36. The van der Waals surface area contributed by atoms with E-state index in [1.54, 1.807) is 0 Å². The van der Waals surface area contributed by atoms with Crippen LogP contribution in [-0.2, 0) is 0 Å². The van der Waals surface area contributed by atoms with Gasteiger partial charge in [0.1, 0.15) is 5.82 Å². The first-order valence-electron chi connectivity index (χ1n) is 5.66. The van der Waals surface area contributed by atoms with Crippen LogP contribution in [0.15, 0.2) is 36.4 Å². The molecule has 0 atom stereocenters. The molecule has 0 saturated carbocycles. The van der Waals surface area contributed by atoms with E-state index in [0.29, 0.717) is 16.5 Å². The predicted molar refractivity (Wildman–Crippen MR) is 75.7 cm³/mol. The first kappa shape index (κ1) is 11.1. The number of para-hydroxylation sites is 1. The van der Waals surface area contributed by atoms with Gasteiger partial charge < -0.3 is 10.7 Å². The number of halogens is 1. The predicted octanol–water partition coefficient (Wildman–Crippen LogP) is 3.77. The van der Waals surface area contributed by atoms with Crippen LogP contribution in [0.4, 0.5) is 5.69 Å². The van der Waals surface area contributed by atoms with E-state index in [9.17, 15) is 0 Å². The number of hydrogen-bond acceptors (Lipinski definition) is 2. The van der Waals surface area contributed by atoms with Crippen molar-refractivity contribution in [2.45, 2.75) is 6.92 Å². The Kier molecular flexibility index (Phi) is 2.49. The Hall–Kier alpha value is -2.00. The fraction of sp³-hybridized carbons (Fsp3) is 0.0714.